The first kappa shape index (κ1) is 20.2. The molecule has 0 saturated carbocycles. The van der Waals surface area contributed by atoms with Crippen LogP contribution in [0.3, 0.4) is 0 Å². The highest BCUT2D eigenvalue weighted by Crippen LogP contribution is 2.23. The Morgan fingerprint density at radius 1 is 0.966 bits per heavy atom. The monoisotopic (exact) mass is 409 g/mol. The topological polar surface area (TPSA) is 97.4 Å². The van der Waals surface area contributed by atoms with E-state index < -0.39 is 18.0 Å². The SMILES string of the molecule is CC(=O)Nc1ccc(NC(=O)[C@@H](C)OC(=O)c2csc(-c3ccccc3)n2)cc1. The van der Waals surface area contributed by atoms with E-state index in [-0.39, 0.29) is 11.6 Å². The first-order chi connectivity index (χ1) is 13.9. The highest BCUT2D eigenvalue weighted by molar-refractivity contribution is 7.13. The summed E-state index contributed by atoms with van der Waals surface area (Å²) < 4.78 is 5.23. The van der Waals surface area contributed by atoms with Crippen molar-refractivity contribution >= 4 is 40.5 Å². The molecular weight excluding hydrogens is 390 g/mol. The van der Waals surface area contributed by atoms with E-state index in [2.05, 4.69) is 15.6 Å². The first-order valence-electron chi connectivity index (χ1n) is 8.83. The first-order valence-corrected chi connectivity index (χ1v) is 9.71. The molecule has 148 valence electrons. The molecule has 0 fully saturated rings. The maximum Gasteiger partial charge on any atom is 0.358 e. The molecule has 1 heterocycles. The lowest BCUT2D eigenvalue weighted by Crippen LogP contribution is -2.30. The fourth-order valence-corrected chi connectivity index (χ4v) is 3.23. The van der Waals surface area contributed by atoms with Crippen molar-refractivity contribution < 1.29 is 19.1 Å². The molecule has 2 N–H and O–H groups in total. The van der Waals surface area contributed by atoms with Crippen molar-refractivity contribution in [3.8, 4) is 10.6 Å². The fourth-order valence-electron chi connectivity index (χ4n) is 2.44. The molecule has 1 atom stereocenters. The molecule has 0 spiro atoms. The van der Waals surface area contributed by atoms with Gasteiger partial charge in [0, 0.05) is 29.2 Å². The van der Waals surface area contributed by atoms with Crippen molar-refractivity contribution in [3.05, 3.63) is 65.7 Å². The van der Waals surface area contributed by atoms with Gasteiger partial charge >= 0.3 is 5.97 Å². The van der Waals surface area contributed by atoms with E-state index in [1.807, 2.05) is 30.3 Å². The zero-order valence-corrected chi connectivity index (χ0v) is 16.7. The number of nitrogens with zero attached hydrogens (tertiary/aromatic N) is 1. The number of nitrogens with one attached hydrogen (secondary N) is 2. The number of carbonyl (C=O) groups excluding carboxylic acids is 3. The number of anilines is 2. The third-order valence-electron chi connectivity index (χ3n) is 3.86. The van der Waals surface area contributed by atoms with E-state index in [1.54, 1.807) is 29.6 Å². The third kappa shape index (κ3) is 5.49. The summed E-state index contributed by atoms with van der Waals surface area (Å²) in [5, 5.41) is 7.61. The average Bonchev–Trinajstić information content (AvgIpc) is 3.20. The van der Waals surface area contributed by atoms with Crippen LogP contribution in [0.25, 0.3) is 10.6 Å². The number of carbonyl (C=O) groups is 3. The summed E-state index contributed by atoms with van der Waals surface area (Å²) in [5.41, 5.74) is 2.21. The normalized spacial score (nSPS) is 11.4. The quantitative estimate of drug-likeness (QED) is 0.601. The molecule has 0 saturated heterocycles. The lowest BCUT2D eigenvalue weighted by atomic mass is 10.2. The average molecular weight is 409 g/mol. The highest BCUT2D eigenvalue weighted by atomic mass is 32.1. The summed E-state index contributed by atoms with van der Waals surface area (Å²) in [6.07, 6.45) is -1.00. The van der Waals surface area contributed by atoms with Crippen LogP contribution in [-0.4, -0.2) is 28.9 Å². The van der Waals surface area contributed by atoms with Gasteiger partial charge in [-0.3, -0.25) is 9.59 Å². The Morgan fingerprint density at radius 3 is 2.21 bits per heavy atom. The summed E-state index contributed by atoms with van der Waals surface area (Å²) in [4.78, 5) is 39.9. The Labute approximate surface area is 171 Å². The van der Waals surface area contributed by atoms with Gasteiger partial charge in [0.1, 0.15) is 5.01 Å². The molecule has 1 aromatic heterocycles. The number of hydrogen-bond acceptors (Lipinski definition) is 6. The van der Waals surface area contributed by atoms with Gasteiger partial charge in [0.05, 0.1) is 0 Å². The van der Waals surface area contributed by atoms with Crippen LogP contribution in [-0.2, 0) is 14.3 Å². The van der Waals surface area contributed by atoms with Crippen molar-refractivity contribution in [2.75, 3.05) is 10.6 Å². The Kier molecular flexibility index (Phi) is 6.36. The third-order valence-corrected chi connectivity index (χ3v) is 4.75. The predicted octanol–water partition coefficient (Wildman–Crippen LogP) is 3.95. The number of benzene rings is 2. The van der Waals surface area contributed by atoms with Gasteiger partial charge in [-0.05, 0) is 31.2 Å². The zero-order chi connectivity index (χ0) is 20.8. The Balaban J connectivity index is 1.57. The van der Waals surface area contributed by atoms with Crippen molar-refractivity contribution in [2.45, 2.75) is 20.0 Å². The zero-order valence-electron chi connectivity index (χ0n) is 15.8. The van der Waals surface area contributed by atoms with E-state index in [1.165, 1.54) is 25.2 Å². The largest absolute Gasteiger partial charge is 0.448 e. The smallest absolute Gasteiger partial charge is 0.358 e. The van der Waals surface area contributed by atoms with Crippen LogP contribution >= 0.6 is 11.3 Å². The number of amides is 2. The molecule has 8 heteroatoms. The van der Waals surface area contributed by atoms with Crippen LogP contribution in [0, 0.1) is 0 Å². The van der Waals surface area contributed by atoms with Crippen LogP contribution in [0.1, 0.15) is 24.3 Å². The van der Waals surface area contributed by atoms with Crippen LogP contribution in [0.5, 0.6) is 0 Å². The molecule has 0 radical (unpaired) electrons. The summed E-state index contributed by atoms with van der Waals surface area (Å²) in [5.74, 6) is -1.31. The number of aromatic nitrogens is 1. The molecule has 0 unspecified atom stereocenters. The second-order valence-electron chi connectivity index (χ2n) is 6.20. The van der Waals surface area contributed by atoms with Crippen LogP contribution in [0.15, 0.2) is 60.0 Å². The Hall–Kier alpha value is -3.52. The number of esters is 1. The van der Waals surface area contributed by atoms with E-state index >= 15 is 0 Å². The molecule has 0 aliphatic carbocycles. The number of thiazole rings is 1. The molecule has 3 aromatic rings. The summed E-state index contributed by atoms with van der Waals surface area (Å²) >= 11 is 1.33. The van der Waals surface area contributed by atoms with Gasteiger partial charge in [0.15, 0.2) is 11.8 Å². The lowest BCUT2D eigenvalue weighted by molar-refractivity contribution is -0.123. The van der Waals surface area contributed by atoms with Crippen molar-refractivity contribution in [3.63, 3.8) is 0 Å². The van der Waals surface area contributed by atoms with E-state index in [0.29, 0.717) is 16.4 Å². The second kappa shape index (κ2) is 9.11. The van der Waals surface area contributed by atoms with Gasteiger partial charge in [0.2, 0.25) is 5.91 Å². The Morgan fingerprint density at radius 2 is 1.59 bits per heavy atom. The minimum Gasteiger partial charge on any atom is -0.448 e. The summed E-state index contributed by atoms with van der Waals surface area (Å²) in [7, 11) is 0. The van der Waals surface area contributed by atoms with E-state index in [0.717, 1.165) is 5.56 Å². The van der Waals surface area contributed by atoms with Gasteiger partial charge < -0.3 is 15.4 Å². The molecule has 3 rings (SSSR count). The highest BCUT2D eigenvalue weighted by Gasteiger charge is 2.21. The summed E-state index contributed by atoms with van der Waals surface area (Å²) in [6, 6.07) is 16.1. The standard InChI is InChI=1S/C21H19N3O4S/c1-13(19(26)23-17-10-8-16(9-11-17)22-14(2)25)28-21(27)18-12-29-20(24-18)15-6-4-3-5-7-15/h3-13H,1-2H3,(H,22,25)(H,23,26)/t13-/m1/s1. The number of ether oxygens (including phenoxy) is 1. The van der Waals surface area contributed by atoms with Crippen LogP contribution < -0.4 is 10.6 Å². The molecule has 29 heavy (non-hydrogen) atoms. The van der Waals surface area contributed by atoms with Gasteiger partial charge in [-0.25, -0.2) is 9.78 Å². The maximum absolute atomic E-state index is 12.3. The van der Waals surface area contributed by atoms with Gasteiger partial charge in [0.25, 0.3) is 5.91 Å². The fraction of sp³-hybridized carbons (Fsp3) is 0.143. The minimum atomic E-state index is -1.00. The second-order valence-corrected chi connectivity index (χ2v) is 7.06. The van der Waals surface area contributed by atoms with Gasteiger partial charge in [-0.15, -0.1) is 11.3 Å². The summed E-state index contributed by atoms with van der Waals surface area (Å²) in [6.45, 7) is 2.90. The van der Waals surface area contributed by atoms with Crippen molar-refractivity contribution in [1.82, 2.24) is 4.98 Å². The molecular formula is C21H19N3O4S. The Bertz CT molecular complexity index is 1020. The molecule has 2 amide bonds. The van der Waals surface area contributed by atoms with Crippen molar-refractivity contribution in [1.29, 1.82) is 0 Å². The maximum atomic E-state index is 12.3. The van der Waals surface area contributed by atoms with Crippen molar-refractivity contribution in [2.24, 2.45) is 0 Å². The van der Waals surface area contributed by atoms with E-state index in [9.17, 15) is 14.4 Å². The minimum absolute atomic E-state index is 0.160. The molecule has 0 bridgehead atoms. The molecule has 0 aliphatic rings. The number of rotatable bonds is 6. The molecule has 7 nitrogen and oxygen atoms in total. The molecule has 2 aromatic carbocycles. The van der Waals surface area contributed by atoms with E-state index in [4.69, 9.17) is 4.74 Å². The van der Waals surface area contributed by atoms with Gasteiger partial charge in [-0.1, -0.05) is 30.3 Å². The van der Waals surface area contributed by atoms with Crippen LogP contribution in [0.2, 0.25) is 0 Å². The predicted molar refractivity (Wildman–Crippen MR) is 112 cm³/mol. The van der Waals surface area contributed by atoms with Gasteiger partial charge in [-0.2, -0.15) is 0 Å². The van der Waals surface area contributed by atoms with Crippen LogP contribution in [0.4, 0.5) is 11.4 Å². The lowest BCUT2D eigenvalue weighted by Gasteiger charge is -2.13. The molecule has 0 aliphatic heterocycles. The number of hydrogen-bond donors (Lipinski definition) is 2.